The highest BCUT2D eigenvalue weighted by Gasteiger charge is 2.22. The van der Waals surface area contributed by atoms with E-state index in [0.717, 1.165) is 25.2 Å². The van der Waals surface area contributed by atoms with Crippen molar-refractivity contribution in [2.75, 3.05) is 32.0 Å². The molecule has 0 aromatic heterocycles. The van der Waals surface area contributed by atoms with Crippen LogP contribution in [0.15, 0.2) is 24.3 Å². The summed E-state index contributed by atoms with van der Waals surface area (Å²) in [6.45, 7) is 6.75. The minimum atomic E-state index is 0. The molecule has 1 aliphatic heterocycles. The number of hydrogen-bond acceptors (Lipinski definition) is 3. The first-order valence-corrected chi connectivity index (χ1v) is 7.38. The third-order valence-corrected chi connectivity index (χ3v) is 3.91. The number of nitrogens with one attached hydrogen (secondary N) is 2. The average Bonchev–Trinajstić information content (AvgIpc) is 2.86. The molecule has 1 fully saturated rings. The highest BCUT2D eigenvalue weighted by Crippen LogP contribution is 2.17. The van der Waals surface area contributed by atoms with Crippen molar-refractivity contribution in [3.05, 3.63) is 29.8 Å². The molecular weight excluding hydrogens is 286 g/mol. The lowest BCUT2D eigenvalue weighted by atomic mass is 10.0. The van der Waals surface area contributed by atoms with Crippen molar-refractivity contribution < 1.29 is 4.79 Å². The molecule has 1 unspecified atom stereocenters. The van der Waals surface area contributed by atoms with Gasteiger partial charge >= 0.3 is 0 Å². The molecule has 1 aromatic rings. The summed E-state index contributed by atoms with van der Waals surface area (Å²) in [5, 5.41) is 6.23. The number of nitrogens with zero attached hydrogens (tertiary/aromatic N) is 1. The van der Waals surface area contributed by atoms with Crippen molar-refractivity contribution in [2.45, 2.75) is 32.2 Å². The van der Waals surface area contributed by atoms with Crippen molar-refractivity contribution in [3.8, 4) is 0 Å². The molecule has 4 nitrogen and oxygen atoms in total. The van der Waals surface area contributed by atoms with Gasteiger partial charge in [0.05, 0.1) is 6.54 Å². The maximum absolute atomic E-state index is 12.0. The van der Waals surface area contributed by atoms with Gasteiger partial charge in [-0.2, -0.15) is 0 Å². The minimum Gasteiger partial charge on any atom is -0.325 e. The molecule has 2 rings (SSSR count). The molecule has 118 valence electrons. The highest BCUT2D eigenvalue weighted by molar-refractivity contribution is 5.92. The van der Waals surface area contributed by atoms with Crippen LogP contribution in [-0.2, 0) is 4.79 Å². The molecule has 0 radical (unpaired) electrons. The number of likely N-dealkylation sites (tertiary alicyclic amines) is 1. The Morgan fingerprint density at radius 2 is 2.00 bits per heavy atom. The quantitative estimate of drug-likeness (QED) is 0.878. The van der Waals surface area contributed by atoms with E-state index in [0.29, 0.717) is 18.5 Å². The van der Waals surface area contributed by atoms with Gasteiger partial charge in [-0.15, -0.1) is 12.4 Å². The van der Waals surface area contributed by atoms with Crippen LogP contribution in [0, 0.1) is 0 Å². The van der Waals surface area contributed by atoms with Gasteiger partial charge < -0.3 is 10.6 Å². The van der Waals surface area contributed by atoms with E-state index in [4.69, 9.17) is 0 Å². The Morgan fingerprint density at radius 1 is 1.33 bits per heavy atom. The van der Waals surface area contributed by atoms with E-state index >= 15 is 0 Å². The molecular formula is C16H26ClN3O. The summed E-state index contributed by atoms with van der Waals surface area (Å²) >= 11 is 0. The van der Waals surface area contributed by atoms with E-state index in [1.54, 1.807) is 0 Å². The van der Waals surface area contributed by atoms with Crippen LogP contribution in [0.4, 0.5) is 5.69 Å². The summed E-state index contributed by atoms with van der Waals surface area (Å²) in [4.78, 5) is 14.2. The molecule has 2 N–H and O–H groups in total. The Balaban J connectivity index is 0.00000220. The number of carbonyl (C=O) groups is 1. The molecule has 1 heterocycles. The molecule has 21 heavy (non-hydrogen) atoms. The number of halogens is 1. The summed E-state index contributed by atoms with van der Waals surface area (Å²) < 4.78 is 0. The fourth-order valence-electron chi connectivity index (χ4n) is 2.57. The zero-order valence-corrected chi connectivity index (χ0v) is 13.9. The topological polar surface area (TPSA) is 44.4 Å². The van der Waals surface area contributed by atoms with E-state index in [9.17, 15) is 4.79 Å². The molecule has 1 amide bonds. The predicted octanol–water partition coefficient (Wildman–Crippen LogP) is 2.46. The smallest absolute Gasteiger partial charge is 0.238 e. The van der Waals surface area contributed by atoms with Gasteiger partial charge in [-0.25, -0.2) is 0 Å². The Kier molecular flexibility index (Phi) is 7.15. The fourth-order valence-corrected chi connectivity index (χ4v) is 2.57. The number of amides is 1. The van der Waals surface area contributed by atoms with E-state index in [1.165, 1.54) is 5.56 Å². The summed E-state index contributed by atoms with van der Waals surface area (Å²) in [7, 11) is 1.98. The summed E-state index contributed by atoms with van der Waals surface area (Å²) in [6, 6.07) is 8.63. The largest absolute Gasteiger partial charge is 0.325 e. The van der Waals surface area contributed by atoms with E-state index in [1.807, 2.05) is 19.2 Å². The summed E-state index contributed by atoms with van der Waals surface area (Å²) in [5.41, 5.74) is 2.17. The van der Waals surface area contributed by atoms with E-state index in [2.05, 4.69) is 41.5 Å². The van der Waals surface area contributed by atoms with Gasteiger partial charge in [0.25, 0.3) is 0 Å². The van der Waals surface area contributed by atoms with Crippen molar-refractivity contribution in [1.82, 2.24) is 10.2 Å². The third kappa shape index (κ3) is 5.30. The Morgan fingerprint density at radius 3 is 2.52 bits per heavy atom. The SMILES string of the molecule is CNC1CCN(CC(=O)Nc2ccc(C(C)C)cc2)C1.Cl. The second-order valence-electron chi connectivity index (χ2n) is 5.83. The molecule has 0 bridgehead atoms. The standard InChI is InChI=1S/C16H25N3O.ClH/c1-12(2)13-4-6-14(7-5-13)18-16(20)11-19-9-8-15(10-19)17-3;/h4-7,12,15,17H,8-11H2,1-3H3,(H,18,20);1H. The minimum absolute atomic E-state index is 0. The van der Waals surface area contributed by atoms with Crippen molar-refractivity contribution in [3.63, 3.8) is 0 Å². The second-order valence-corrected chi connectivity index (χ2v) is 5.83. The second kappa shape index (κ2) is 8.37. The number of likely N-dealkylation sites (N-methyl/N-ethyl adjacent to an activating group) is 1. The van der Waals surface area contributed by atoms with Gasteiger partial charge in [0.15, 0.2) is 0 Å². The fraction of sp³-hybridized carbons (Fsp3) is 0.562. The van der Waals surface area contributed by atoms with Gasteiger partial charge in [-0.05, 0) is 37.1 Å². The lowest BCUT2D eigenvalue weighted by Gasteiger charge is -2.15. The van der Waals surface area contributed by atoms with Crippen LogP contribution >= 0.6 is 12.4 Å². The first kappa shape index (κ1) is 18.0. The van der Waals surface area contributed by atoms with Crippen molar-refractivity contribution in [2.24, 2.45) is 0 Å². The molecule has 1 aromatic carbocycles. The van der Waals surface area contributed by atoms with Gasteiger partial charge in [0, 0.05) is 24.8 Å². The predicted molar refractivity (Wildman–Crippen MR) is 90.3 cm³/mol. The summed E-state index contributed by atoms with van der Waals surface area (Å²) in [6.07, 6.45) is 1.12. The highest BCUT2D eigenvalue weighted by atomic mass is 35.5. The molecule has 5 heteroatoms. The number of carbonyl (C=O) groups excluding carboxylic acids is 1. The Bertz CT molecular complexity index is 447. The molecule has 1 aliphatic rings. The lowest BCUT2D eigenvalue weighted by Crippen LogP contribution is -2.34. The van der Waals surface area contributed by atoms with Crippen LogP contribution in [0.5, 0.6) is 0 Å². The zero-order valence-electron chi connectivity index (χ0n) is 13.1. The van der Waals surface area contributed by atoms with E-state index in [-0.39, 0.29) is 18.3 Å². The first-order chi connectivity index (χ1) is 9.58. The Hall–Kier alpha value is -1.10. The van der Waals surface area contributed by atoms with Crippen LogP contribution in [0.1, 0.15) is 31.7 Å². The third-order valence-electron chi connectivity index (χ3n) is 3.91. The molecule has 0 saturated carbocycles. The number of rotatable bonds is 5. The van der Waals surface area contributed by atoms with Gasteiger partial charge in [0.2, 0.25) is 5.91 Å². The number of hydrogen-bond donors (Lipinski definition) is 2. The molecule has 0 spiro atoms. The van der Waals surface area contributed by atoms with E-state index < -0.39 is 0 Å². The zero-order chi connectivity index (χ0) is 14.5. The van der Waals surface area contributed by atoms with Crippen LogP contribution in [-0.4, -0.2) is 43.5 Å². The number of anilines is 1. The normalized spacial score (nSPS) is 18.6. The van der Waals surface area contributed by atoms with Crippen LogP contribution in [0.2, 0.25) is 0 Å². The van der Waals surface area contributed by atoms with Gasteiger partial charge in [0.1, 0.15) is 0 Å². The average molecular weight is 312 g/mol. The van der Waals surface area contributed by atoms with Gasteiger partial charge in [-0.3, -0.25) is 9.69 Å². The molecule has 1 atom stereocenters. The lowest BCUT2D eigenvalue weighted by molar-refractivity contribution is -0.117. The van der Waals surface area contributed by atoms with Crippen LogP contribution in [0.3, 0.4) is 0 Å². The van der Waals surface area contributed by atoms with Crippen LogP contribution < -0.4 is 10.6 Å². The number of benzene rings is 1. The van der Waals surface area contributed by atoms with Gasteiger partial charge in [-0.1, -0.05) is 26.0 Å². The molecule has 1 saturated heterocycles. The monoisotopic (exact) mass is 311 g/mol. The Labute approximate surface area is 133 Å². The molecule has 0 aliphatic carbocycles. The van der Waals surface area contributed by atoms with Crippen molar-refractivity contribution >= 4 is 24.0 Å². The first-order valence-electron chi connectivity index (χ1n) is 7.38. The maximum Gasteiger partial charge on any atom is 0.238 e. The summed E-state index contributed by atoms with van der Waals surface area (Å²) in [5.74, 6) is 0.585. The maximum atomic E-state index is 12.0. The van der Waals surface area contributed by atoms with Crippen molar-refractivity contribution in [1.29, 1.82) is 0 Å². The van der Waals surface area contributed by atoms with Crippen LogP contribution in [0.25, 0.3) is 0 Å².